The van der Waals surface area contributed by atoms with Gasteiger partial charge in [0.25, 0.3) is 0 Å². The van der Waals surface area contributed by atoms with Gasteiger partial charge < -0.3 is 9.73 Å². The van der Waals surface area contributed by atoms with Crippen LogP contribution in [0.4, 0.5) is 0 Å². The first-order valence-corrected chi connectivity index (χ1v) is 7.64. The molecule has 1 aromatic rings. The maximum Gasteiger partial charge on any atom is 0.220 e. The lowest BCUT2D eigenvalue weighted by Crippen LogP contribution is -2.43. The quantitative estimate of drug-likeness (QED) is 0.660. The number of aromatic nitrogens is 1. The Morgan fingerprint density at radius 1 is 1.63 bits per heavy atom. The Kier molecular flexibility index (Phi) is 3.91. The van der Waals surface area contributed by atoms with Gasteiger partial charge in [-0.15, -0.1) is 0 Å². The first kappa shape index (κ1) is 14.0. The lowest BCUT2D eigenvalue weighted by Gasteiger charge is -2.30. The maximum atomic E-state index is 12.2. The van der Waals surface area contributed by atoms with Gasteiger partial charge in [0.2, 0.25) is 10.0 Å². The smallest absolute Gasteiger partial charge is 0.220 e. The summed E-state index contributed by atoms with van der Waals surface area (Å²) in [6.07, 6.45) is 0.453. The molecule has 106 valence electrons. The van der Waals surface area contributed by atoms with E-state index >= 15 is 0 Å². The predicted octanol–water partition coefficient (Wildman–Crippen LogP) is 0.985. The van der Waals surface area contributed by atoms with Crippen LogP contribution in [0, 0.1) is 12.8 Å². The van der Waals surface area contributed by atoms with Crippen molar-refractivity contribution in [2.75, 3.05) is 13.1 Å². The zero-order valence-corrected chi connectivity index (χ0v) is 11.7. The van der Waals surface area contributed by atoms with Gasteiger partial charge in [0, 0.05) is 31.5 Å². The lowest BCUT2D eigenvalue weighted by molar-refractivity contribution is 0.300. The maximum absolute atomic E-state index is 12.2. The second-order valence-electron chi connectivity index (χ2n) is 4.79. The van der Waals surface area contributed by atoms with E-state index in [0.717, 1.165) is 0 Å². The average Bonchev–Trinajstić information content (AvgIpc) is 2.73. The van der Waals surface area contributed by atoms with Crippen LogP contribution >= 0.6 is 0 Å². The third-order valence-electron chi connectivity index (χ3n) is 3.19. The largest absolute Gasteiger partial charge is 0.411 e. The minimum absolute atomic E-state index is 0.0763. The lowest BCUT2D eigenvalue weighted by atomic mass is 10.00. The predicted molar refractivity (Wildman–Crippen MR) is 68.4 cm³/mol. The topological polar surface area (TPSA) is 96.0 Å². The van der Waals surface area contributed by atoms with Crippen LogP contribution in [0.15, 0.2) is 15.7 Å². The molecule has 1 saturated heterocycles. The highest BCUT2D eigenvalue weighted by Crippen LogP contribution is 2.19. The first-order chi connectivity index (χ1) is 8.92. The fraction of sp³-hybridized carbons (Fsp3) is 0.636. The molecule has 1 atom stereocenters. The molecule has 0 aliphatic carbocycles. The molecule has 1 unspecified atom stereocenters. The van der Waals surface area contributed by atoms with Crippen molar-refractivity contribution >= 4 is 15.7 Å². The van der Waals surface area contributed by atoms with Crippen LogP contribution in [0.2, 0.25) is 0 Å². The molecule has 1 aromatic heterocycles. The van der Waals surface area contributed by atoms with E-state index in [1.54, 1.807) is 13.0 Å². The Bertz CT molecular complexity index is 579. The van der Waals surface area contributed by atoms with Gasteiger partial charge in [-0.25, -0.2) is 12.7 Å². The van der Waals surface area contributed by atoms with Gasteiger partial charge in [0.05, 0.1) is 5.71 Å². The van der Waals surface area contributed by atoms with E-state index in [-0.39, 0.29) is 11.7 Å². The SMILES string of the molecule is Cc1cc(CS(=O)(=O)N2CC/C(=N\O)C(C)C2)no1. The van der Waals surface area contributed by atoms with Crippen LogP contribution in [0.3, 0.4) is 0 Å². The molecule has 1 aliphatic rings. The zero-order chi connectivity index (χ0) is 14.0. The van der Waals surface area contributed by atoms with Crippen LogP contribution in [0.25, 0.3) is 0 Å². The monoisotopic (exact) mass is 287 g/mol. The Balaban J connectivity index is 2.09. The van der Waals surface area contributed by atoms with Gasteiger partial charge in [-0.1, -0.05) is 17.2 Å². The van der Waals surface area contributed by atoms with E-state index in [4.69, 9.17) is 9.73 Å². The van der Waals surface area contributed by atoms with Crippen molar-refractivity contribution in [3.63, 3.8) is 0 Å². The molecule has 7 nitrogen and oxygen atoms in total. The number of hydrogen-bond acceptors (Lipinski definition) is 6. The van der Waals surface area contributed by atoms with Crippen molar-refractivity contribution in [1.82, 2.24) is 9.46 Å². The molecule has 2 heterocycles. The third kappa shape index (κ3) is 3.13. The molecule has 19 heavy (non-hydrogen) atoms. The summed E-state index contributed by atoms with van der Waals surface area (Å²) >= 11 is 0. The number of oxime groups is 1. The molecule has 1 fully saturated rings. The van der Waals surface area contributed by atoms with Crippen LogP contribution in [0.1, 0.15) is 24.8 Å². The Hall–Kier alpha value is -1.41. The average molecular weight is 287 g/mol. The molecule has 1 aliphatic heterocycles. The second-order valence-corrected chi connectivity index (χ2v) is 6.75. The molecule has 0 bridgehead atoms. The summed E-state index contributed by atoms with van der Waals surface area (Å²) in [4.78, 5) is 0. The van der Waals surface area contributed by atoms with Gasteiger partial charge in [0.1, 0.15) is 17.2 Å². The van der Waals surface area contributed by atoms with Gasteiger partial charge >= 0.3 is 0 Å². The van der Waals surface area contributed by atoms with Gasteiger partial charge in [-0.05, 0) is 6.92 Å². The van der Waals surface area contributed by atoms with E-state index in [1.165, 1.54) is 4.31 Å². The van der Waals surface area contributed by atoms with Crippen LogP contribution in [0.5, 0.6) is 0 Å². The summed E-state index contributed by atoms with van der Waals surface area (Å²) in [7, 11) is -3.41. The van der Waals surface area contributed by atoms with Crippen molar-refractivity contribution in [3.05, 3.63) is 17.5 Å². The number of piperidine rings is 1. The van der Waals surface area contributed by atoms with E-state index < -0.39 is 10.0 Å². The summed E-state index contributed by atoms with van der Waals surface area (Å²) in [6, 6.07) is 1.62. The Labute approximate surface area is 111 Å². The van der Waals surface area contributed by atoms with E-state index in [1.807, 2.05) is 6.92 Å². The highest BCUT2D eigenvalue weighted by Gasteiger charge is 2.31. The second kappa shape index (κ2) is 5.30. The minimum atomic E-state index is -3.41. The molecule has 8 heteroatoms. The number of rotatable bonds is 3. The Morgan fingerprint density at radius 3 is 2.89 bits per heavy atom. The number of hydrogen-bond donors (Lipinski definition) is 1. The van der Waals surface area contributed by atoms with E-state index in [9.17, 15) is 8.42 Å². The summed E-state index contributed by atoms with van der Waals surface area (Å²) in [6.45, 7) is 4.23. The number of nitrogens with zero attached hydrogens (tertiary/aromatic N) is 3. The summed E-state index contributed by atoms with van der Waals surface area (Å²) in [5, 5.41) is 15.7. The highest BCUT2D eigenvalue weighted by molar-refractivity contribution is 7.88. The van der Waals surface area contributed by atoms with Crippen molar-refractivity contribution in [2.24, 2.45) is 11.1 Å². The van der Waals surface area contributed by atoms with Gasteiger partial charge in [-0.3, -0.25) is 0 Å². The van der Waals surface area contributed by atoms with Crippen molar-refractivity contribution < 1.29 is 18.1 Å². The molecule has 0 saturated carbocycles. The molecule has 0 amide bonds. The molecule has 2 rings (SSSR count). The van der Waals surface area contributed by atoms with E-state index in [2.05, 4.69) is 10.3 Å². The normalized spacial score (nSPS) is 23.9. The fourth-order valence-corrected chi connectivity index (χ4v) is 3.67. The number of sulfonamides is 1. The third-order valence-corrected chi connectivity index (χ3v) is 4.97. The van der Waals surface area contributed by atoms with Gasteiger partial charge in [0.15, 0.2) is 0 Å². The summed E-state index contributed by atoms with van der Waals surface area (Å²) in [5.41, 5.74) is 1.05. The fourth-order valence-electron chi connectivity index (χ4n) is 2.15. The first-order valence-electron chi connectivity index (χ1n) is 6.03. The molecule has 0 spiro atoms. The van der Waals surface area contributed by atoms with Crippen LogP contribution in [-0.4, -0.2) is 41.9 Å². The summed E-state index contributed by atoms with van der Waals surface area (Å²) in [5.74, 6) is 0.349. The minimum Gasteiger partial charge on any atom is -0.411 e. The summed E-state index contributed by atoms with van der Waals surface area (Å²) < 4.78 is 30.8. The van der Waals surface area contributed by atoms with Crippen molar-refractivity contribution in [2.45, 2.75) is 26.0 Å². The Morgan fingerprint density at radius 2 is 2.37 bits per heavy atom. The molecule has 0 aromatic carbocycles. The van der Waals surface area contributed by atoms with Gasteiger partial charge in [-0.2, -0.15) is 0 Å². The standard InChI is InChI=1S/C11H17N3O4S/c1-8-6-14(4-3-11(8)12-15)19(16,17)7-10-5-9(2)18-13-10/h5,8,15H,3-4,6-7H2,1-2H3/b12-11+. The molecular weight excluding hydrogens is 270 g/mol. The molecule has 1 N–H and O–H groups in total. The zero-order valence-electron chi connectivity index (χ0n) is 10.9. The van der Waals surface area contributed by atoms with Crippen molar-refractivity contribution in [1.29, 1.82) is 0 Å². The molecular formula is C11H17N3O4S. The van der Waals surface area contributed by atoms with Crippen LogP contribution < -0.4 is 0 Å². The van der Waals surface area contributed by atoms with Crippen molar-refractivity contribution in [3.8, 4) is 0 Å². The number of aryl methyl sites for hydroxylation is 1. The highest BCUT2D eigenvalue weighted by atomic mass is 32.2. The van der Waals surface area contributed by atoms with E-state index in [0.29, 0.717) is 36.7 Å². The van der Waals surface area contributed by atoms with Crippen LogP contribution in [-0.2, 0) is 15.8 Å². The molecule has 0 radical (unpaired) electrons.